The monoisotopic (exact) mass is 207 g/mol. The molecule has 1 aromatic rings. The molecule has 0 unspecified atom stereocenters. The van der Waals surface area contributed by atoms with Gasteiger partial charge in [0.25, 0.3) is 5.56 Å². The lowest BCUT2D eigenvalue weighted by Gasteiger charge is -1.95. The number of H-pyrrole nitrogens is 1. The van der Waals surface area contributed by atoms with Crippen LogP contribution in [0.15, 0.2) is 28.8 Å². The molecule has 0 saturated heterocycles. The minimum atomic E-state index is -0.252. The van der Waals surface area contributed by atoms with Crippen LogP contribution in [0.1, 0.15) is 0 Å². The van der Waals surface area contributed by atoms with Crippen LogP contribution in [-0.2, 0) is 0 Å². The lowest BCUT2D eigenvalue weighted by atomic mass is 10.5. The van der Waals surface area contributed by atoms with Gasteiger partial charge in [-0.3, -0.25) is 4.79 Å². The van der Waals surface area contributed by atoms with Gasteiger partial charge in [0.1, 0.15) is 0 Å². The van der Waals surface area contributed by atoms with Gasteiger partial charge in [-0.15, -0.1) is 12.4 Å². The van der Waals surface area contributed by atoms with E-state index >= 15 is 0 Å². The summed E-state index contributed by atoms with van der Waals surface area (Å²) in [6.45, 7) is 0. The van der Waals surface area contributed by atoms with Crippen LogP contribution in [0.25, 0.3) is 0 Å². The molecule has 0 amide bonds. The highest BCUT2D eigenvalue weighted by Gasteiger charge is 1.87. The second-order valence-corrected chi connectivity index (χ2v) is 2.02. The number of aromatic amines is 1. The minimum Gasteiger partial charge on any atom is -0.359 e. The predicted octanol–water partition coefficient (Wildman–Crippen LogP) is 1.31. The first kappa shape index (κ1) is 11.0. The number of aromatic nitrogens is 2. The summed E-state index contributed by atoms with van der Waals surface area (Å²) in [6.07, 6.45) is 2.98. The summed E-state index contributed by atoms with van der Waals surface area (Å²) in [5.41, 5.74) is 1.66. The fraction of sp³-hybridized carbons (Fsp3) is 0. The van der Waals surface area contributed by atoms with Gasteiger partial charge >= 0.3 is 0 Å². The van der Waals surface area contributed by atoms with Gasteiger partial charge in [-0.1, -0.05) is 11.6 Å². The summed E-state index contributed by atoms with van der Waals surface area (Å²) < 4.78 is 0. The topological polar surface area (TPSA) is 57.8 Å². The number of nitrogens with one attached hydrogen (secondary N) is 2. The number of anilines is 1. The maximum absolute atomic E-state index is 10.6. The highest BCUT2D eigenvalue weighted by Crippen LogP contribution is 1.97. The molecule has 0 spiro atoms. The number of hydrogen-bond donors (Lipinski definition) is 2. The van der Waals surface area contributed by atoms with Crippen molar-refractivity contribution in [3.05, 3.63) is 34.4 Å². The van der Waals surface area contributed by atoms with Crippen LogP contribution >= 0.6 is 24.0 Å². The Morgan fingerprint density at radius 1 is 1.67 bits per heavy atom. The van der Waals surface area contributed by atoms with Crippen LogP contribution in [0.4, 0.5) is 5.69 Å². The van der Waals surface area contributed by atoms with Gasteiger partial charge in [0.05, 0.1) is 11.9 Å². The molecule has 0 bridgehead atoms. The van der Waals surface area contributed by atoms with Crippen molar-refractivity contribution in [1.82, 2.24) is 10.2 Å². The zero-order chi connectivity index (χ0) is 8.10. The third kappa shape index (κ3) is 3.41. The molecular weight excluding hydrogens is 201 g/mol. The van der Waals surface area contributed by atoms with E-state index < -0.39 is 0 Å². The van der Waals surface area contributed by atoms with Crippen LogP contribution in [0, 0.1) is 0 Å². The summed E-state index contributed by atoms with van der Waals surface area (Å²) in [7, 11) is 0. The van der Waals surface area contributed by atoms with Gasteiger partial charge in [0.2, 0.25) is 0 Å². The number of rotatable bonds is 2. The summed E-state index contributed by atoms with van der Waals surface area (Å²) in [4.78, 5) is 10.6. The Morgan fingerprint density at radius 3 is 3.00 bits per heavy atom. The zero-order valence-electron chi connectivity index (χ0n) is 5.95. The summed E-state index contributed by atoms with van der Waals surface area (Å²) in [5.74, 6) is 0. The lowest BCUT2D eigenvalue weighted by Crippen LogP contribution is -2.06. The highest BCUT2D eigenvalue weighted by molar-refractivity contribution is 6.25. The Morgan fingerprint density at radius 2 is 2.42 bits per heavy atom. The van der Waals surface area contributed by atoms with E-state index in [1.807, 2.05) is 0 Å². The molecule has 0 aliphatic heterocycles. The minimum absolute atomic E-state index is 0. The first-order valence-corrected chi connectivity index (χ1v) is 3.33. The maximum Gasteiger partial charge on any atom is 0.266 e. The molecule has 0 fully saturated rings. The highest BCUT2D eigenvalue weighted by atomic mass is 35.5. The molecule has 1 aromatic heterocycles. The average molecular weight is 208 g/mol. The van der Waals surface area contributed by atoms with Gasteiger partial charge in [-0.05, 0) is 0 Å². The van der Waals surface area contributed by atoms with E-state index in [4.69, 9.17) is 11.6 Å². The van der Waals surface area contributed by atoms with Crippen LogP contribution in [0.5, 0.6) is 0 Å². The number of hydrogen-bond acceptors (Lipinski definition) is 3. The van der Waals surface area contributed by atoms with Crippen molar-refractivity contribution in [1.29, 1.82) is 0 Å². The van der Waals surface area contributed by atoms with Crippen LogP contribution in [0.2, 0.25) is 0 Å². The Hall–Kier alpha value is -1.00. The van der Waals surface area contributed by atoms with Crippen molar-refractivity contribution in [3.63, 3.8) is 0 Å². The smallest absolute Gasteiger partial charge is 0.266 e. The Balaban J connectivity index is 0.00000121. The van der Waals surface area contributed by atoms with Gasteiger partial charge in [0, 0.05) is 17.8 Å². The van der Waals surface area contributed by atoms with Crippen molar-refractivity contribution in [2.45, 2.75) is 0 Å². The van der Waals surface area contributed by atoms with E-state index in [2.05, 4.69) is 15.5 Å². The largest absolute Gasteiger partial charge is 0.359 e. The van der Waals surface area contributed by atoms with E-state index in [1.165, 1.54) is 24.0 Å². The van der Waals surface area contributed by atoms with Crippen LogP contribution in [-0.4, -0.2) is 10.2 Å². The molecule has 0 aliphatic carbocycles. The van der Waals surface area contributed by atoms with Crippen molar-refractivity contribution < 1.29 is 0 Å². The molecule has 0 saturated carbocycles. The van der Waals surface area contributed by atoms with E-state index in [9.17, 15) is 4.79 Å². The van der Waals surface area contributed by atoms with Crippen LogP contribution < -0.4 is 10.9 Å². The SMILES string of the molecule is Cl.O=c1cc(NC=CCl)cn[nH]1. The Bertz CT molecular complexity index is 310. The molecule has 2 N–H and O–H groups in total. The van der Waals surface area contributed by atoms with E-state index in [0.29, 0.717) is 5.69 Å². The van der Waals surface area contributed by atoms with Crippen LogP contribution in [0.3, 0.4) is 0 Å². The Labute approximate surface area is 80.0 Å². The van der Waals surface area contributed by atoms with Crippen molar-refractivity contribution in [2.24, 2.45) is 0 Å². The zero-order valence-corrected chi connectivity index (χ0v) is 7.52. The van der Waals surface area contributed by atoms with Gasteiger partial charge in [-0.2, -0.15) is 5.10 Å². The molecule has 0 radical (unpaired) electrons. The fourth-order valence-corrected chi connectivity index (χ4v) is 0.646. The molecule has 0 aliphatic rings. The van der Waals surface area contributed by atoms with Crippen molar-refractivity contribution >= 4 is 29.7 Å². The predicted molar refractivity (Wildman–Crippen MR) is 50.7 cm³/mol. The Kier molecular flexibility index (Phi) is 5.16. The molecular formula is C6H7Cl2N3O. The maximum atomic E-state index is 10.6. The van der Waals surface area contributed by atoms with Crippen molar-refractivity contribution in [2.75, 3.05) is 5.32 Å². The normalized spacial score (nSPS) is 9.42. The quantitative estimate of drug-likeness (QED) is 0.770. The molecule has 0 aromatic carbocycles. The molecule has 12 heavy (non-hydrogen) atoms. The van der Waals surface area contributed by atoms with Gasteiger partial charge < -0.3 is 5.32 Å². The number of nitrogens with zero attached hydrogens (tertiary/aromatic N) is 1. The molecule has 1 heterocycles. The molecule has 66 valence electrons. The lowest BCUT2D eigenvalue weighted by molar-refractivity contribution is 0.990. The summed E-state index contributed by atoms with van der Waals surface area (Å²) in [6, 6.07) is 1.38. The standard InChI is InChI=1S/C6H6ClN3O.ClH/c7-1-2-8-5-3-6(11)10-9-4-5;/h1-4H,(H2,8,10,11);1H. The average Bonchev–Trinajstić information content (AvgIpc) is 2.01. The molecule has 4 nitrogen and oxygen atoms in total. The third-order valence-electron chi connectivity index (χ3n) is 0.978. The first-order valence-electron chi connectivity index (χ1n) is 2.89. The van der Waals surface area contributed by atoms with Gasteiger partial charge in [-0.25, -0.2) is 5.10 Å². The summed E-state index contributed by atoms with van der Waals surface area (Å²) in [5, 5.41) is 8.55. The molecule has 1 rings (SSSR count). The first-order chi connectivity index (χ1) is 5.33. The van der Waals surface area contributed by atoms with Gasteiger partial charge in [0.15, 0.2) is 0 Å². The van der Waals surface area contributed by atoms with E-state index in [0.717, 1.165) is 0 Å². The number of halogens is 2. The molecule has 0 atom stereocenters. The van der Waals surface area contributed by atoms with E-state index in [-0.39, 0.29) is 18.0 Å². The van der Waals surface area contributed by atoms with Crippen molar-refractivity contribution in [3.8, 4) is 0 Å². The molecule has 6 heteroatoms. The van der Waals surface area contributed by atoms with E-state index in [1.54, 1.807) is 0 Å². The fourth-order valence-electron chi connectivity index (χ4n) is 0.583. The second-order valence-electron chi connectivity index (χ2n) is 1.77. The second kappa shape index (κ2) is 5.62. The third-order valence-corrected chi connectivity index (χ3v) is 1.10. The summed E-state index contributed by atoms with van der Waals surface area (Å²) >= 11 is 5.24.